The molecule has 0 aromatic carbocycles. The molecule has 1 heterocycles. The summed E-state index contributed by atoms with van der Waals surface area (Å²) in [5.41, 5.74) is -0.455. The lowest BCUT2D eigenvalue weighted by molar-refractivity contribution is -0.150. The third-order valence-corrected chi connectivity index (χ3v) is 3.88. The maximum Gasteiger partial charge on any atom is 0.327 e. The quantitative estimate of drug-likeness (QED) is 0.728. The molecular formula is C14H26N2O2. The van der Waals surface area contributed by atoms with Crippen LogP contribution in [-0.4, -0.2) is 48.7 Å². The minimum Gasteiger partial charge on any atom is -0.465 e. The van der Waals surface area contributed by atoms with Crippen LogP contribution in [0.15, 0.2) is 0 Å². The van der Waals surface area contributed by atoms with Gasteiger partial charge in [-0.3, -0.25) is 4.90 Å². The van der Waals surface area contributed by atoms with Gasteiger partial charge in [-0.05, 0) is 38.6 Å². The Morgan fingerprint density at radius 1 is 1.50 bits per heavy atom. The molecule has 0 spiro atoms. The van der Waals surface area contributed by atoms with Gasteiger partial charge in [0.2, 0.25) is 0 Å². The van der Waals surface area contributed by atoms with Crippen LogP contribution in [0.25, 0.3) is 0 Å². The molecule has 0 bridgehead atoms. The van der Waals surface area contributed by atoms with Gasteiger partial charge in [-0.25, -0.2) is 4.79 Å². The molecular weight excluding hydrogens is 228 g/mol. The lowest BCUT2D eigenvalue weighted by Gasteiger charge is -2.29. The minimum absolute atomic E-state index is 0.0613. The van der Waals surface area contributed by atoms with Crippen LogP contribution >= 0.6 is 0 Å². The van der Waals surface area contributed by atoms with E-state index in [1.165, 1.54) is 12.8 Å². The highest BCUT2D eigenvalue weighted by atomic mass is 16.5. The normalized spacial score (nSPS) is 28.9. The molecule has 4 heteroatoms. The first-order valence-corrected chi connectivity index (χ1v) is 7.23. The molecule has 1 saturated heterocycles. The van der Waals surface area contributed by atoms with E-state index in [2.05, 4.69) is 24.1 Å². The molecule has 1 aliphatic heterocycles. The first-order valence-electron chi connectivity index (χ1n) is 7.23. The zero-order chi connectivity index (χ0) is 13.2. The van der Waals surface area contributed by atoms with Gasteiger partial charge in [0.05, 0.1) is 6.61 Å². The van der Waals surface area contributed by atoms with Crippen molar-refractivity contribution in [3.8, 4) is 0 Å². The summed E-state index contributed by atoms with van der Waals surface area (Å²) >= 11 is 0. The molecule has 1 unspecified atom stereocenters. The number of carbonyl (C=O) groups is 1. The second-order valence-electron chi connectivity index (χ2n) is 6.03. The average Bonchev–Trinajstić information content (AvgIpc) is 3.08. The van der Waals surface area contributed by atoms with Crippen LogP contribution in [0.3, 0.4) is 0 Å². The van der Waals surface area contributed by atoms with Gasteiger partial charge in [-0.15, -0.1) is 0 Å². The Hall–Kier alpha value is -0.610. The predicted molar refractivity (Wildman–Crippen MR) is 71.4 cm³/mol. The maximum absolute atomic E-state index is 12.3. The van der Waals surface area contributed by atoms with Crippen LogP contribution < -0.4 is 5.32 Å². The van der Waals surface area contributed by atoms with Crippen LogP contribution in [0.1, 0.15) is 40.0 Å². The second-order valence-corrected chi connectivity index (χ2v) is 6.03. The first-order chi connectivity index (χ1) is 8.57. The van der Waals surface area contributed by atoms with E-state index in [4.69, 9.17) is 4.74 Å². The minimum atomic E-state index is -0.455. The number of esters is 1. The molecule has 18 heavy (non-hydrogen) atoms. The van der Waals surface area contributed by atoms with Crippen molar-refractivity contribution in [2.24, 2.45) is 5.92 Å². The lowest BCUT2D eigenvalue weighted by Crippen LogP contribution is -2.56. The molecule has 0 aromatic rings. The summed E-state index contributed by atoms with van der Waals surface area (Å²) in [7, 11) is 0. The number of likely N-dealkylation sites (tertiary alicyclic amines) is 1. The standard InChI is InChI=1S/C14H26N2O2/c1-4-18-13(17)14(15-9-11(2)3)7-8-16(10-14)12-5-6-12/h11-12,15H,4-10H2,1-3H3. The predicted octanol–water partition coefficient (Wildman–Crippen LogP) is 1.40. The zero-order valence-corrected chi connectivity index (χ0v) is 11.9. The molecule has 2 rings (SSSR count). The number of hydrogen-bond donors (Lipinski definition) is 1. The highest BCUT2D eigenvalue weighted by molar-refractivity contribution is 5.81. The van der Waals surface area contributed by atoms with Crippen LogP contribution in [-0.2, 0) is 9.53 Å². The smallest absolute Gasteiger partial charge is 0.327 e. The van der Waals surface area contributed by atoms with E-state index in [-0.39, 0.29) is 5.97 Å². The number of rotatable bonds is 6. The highest BCUT2D eigenvalue weighted by Gasteiger charge is 2.48. The first kappa shape index (κ1) is 13.8. The summed E-state index contributed by atoms with van der Waals surface area (Å²) in [5, 5.41) is 3.48. The molecule has 0 aromatic heterocycles. The number of nitrogens with one attached hydrogen (secondary N) is 1. The Kier molecular flexibility index (Phi) is 4.28. The van der Waals surface area contributed by atoms with Gasteiger partial charge >= 0.3 is 5.97 Å². The lowest BCUT2D eigenvalue weighted by atomic mass is 9.97. The van der Waals surface area contributed by atoms with Gasteiger partial charge in [0.15, 0.2) is 0 Å². The SMILES string of the molecule is CCOC(=O)C1(NCC(C)C)CCN(C2CC2)C1. The third kappa shape index (κ3) is 3.04. The van der Waals surface area contributed by atoms with Gasteiger partial charge in [-0.2, -0.15) is 0 Å². The monoisotopic (exact) mass is 254 g/mol. The van der Waals surface area contributed by atoms with E-state index in [9.17, 15) is 4.79 Å². The number of carbonyl (C=O) groups excluding carboxylic acids is 1. The molecule has 2 aliphatic rings. The van der Waals surface area contributed by atoms with E-state index < -0.39 is 5.54 Å². The molecule has 0 amide bonds. The Bertz CT molecular complexity index is 302. The van der Waals surface area contributed by atoms with E-state index in [1.54, 1.807) is 0 Å². The van der Waals surface area contributed by atoms with Crippen LogP contribution in [0.2, 0.25) is 0 Å². The zero-order valence-electron chi connectivity index (χ0n) is 11.9. The van der Waals surface area contributed by atoms with Gasteiger partial charge in [0, 0.05) is 19.1 Å². The number of nitrogens with zero attached hydrogens (tertiary/aromatic N) is 1. The molecule has 4 nitrogen and oxygen atoms in total. The van der Waals surface area contributed by atoms with E-state index in [0.717, 1.165) is 32.1 Å². The summed E-state index contributed by atoms with van der Waals surface area (Å²) in [6.45, 7) is 9.39. The summed E-state index contributed by atoms with van der Waals surface area (Å²) in [5.74, 6) is 0.486. The van der Waals surface area contributed by atoms with Gasteiger partial charge in [0.25, 0.3) is 0 Å². The van der Waals surface area contributed by atoms with Crippen molar-refractivity contribution in [2.45, 2.75) is 51.6 Å². The van der Waals surface area contributed by atoms with Crippen molar-refractivity contribution in [1.29, 1.82) is 0 Å². The molecule has 1 atom stereocenters. The number of ether oxygens (including phenoxy) is 1. The van der Waals surface area contributed by atoms with Crippen molar-refractivity contribution in [2.75, 3.05) is 26.2 Å². The Morgan fingerprint density at radius 2 is 2.22 bits per heavy atom. The maximum atomic E-state index is 12.3. The fraction of sp³-hybridized carbons (Fsp3) is 0.929. The molecule has 2 fully saturated rings. The fourth-order valence-corrected chi connectivity index (χ4v) is 2.64. The van der Waals surface area contributed by atoms with Crippen molar-refractivity contribution in [1.82, 2.24) is 10.2 Å². The Balaban J connectivity index is 2.00. The Labute approximate surface area is 110 Å². The summed E-state index contributed by atoms with van der Waals surface area (Å²) < 4.78 is 5.28. The molecule has 1 N–H and O–H groups in total. The molecule has 1 aliphatic carbocycles. The van der Waals surface area contributed by atoms with Crippen molar-refractivity contribution in [3.63, 3.8) is 0 Å². The molecule has 104 valence electrons. The molecule has 0 radical (unpaired) electrons. The van der Waals surface area contributed by atoms with Crippen LogP contribution in [0.4, 0.5) is 0 Å². The summed E-state index contributed by atoms with van der Waals surface area (Å²) in [4.78, 5) is 14.7. The average molecular weight is 254 g/mol. The van der Waals surface area contributed by atoms with Gasteiger partial charge < -0.3 is 10.1 Å². The third-order valence-electron chi connectivity index (χ3n) is 3.88. The Morgan fingerprint density at radius 3 is 2.78 bits per heavy atom. The number of hydrogen-bond acceptors (Lipinski definition) is 4. The summed E-state index contributed by atoms with van der Waals surface area (Å²) in [6.07, 6.45) is 3.47. The highest BCUT2D eigenvalue weighted by Crippen LogP contribution is 2.34. The van der Waals surface area contributed by atoms with Crippen LogP contribution in [0, 0.1) is 5.92 Å². The van der Waals surface area contributed by atoms with E-state index in [1.807, 2.05) is 6.92 Å². The fourth-order valence-electron chi connectivity index (χ4n) is 2.64. The molecule has 1 saturated carbocycles. The largest absolute Gasteiger partial charge is 0.465 e. The second kappa shape index (κ2) is 5.57. The van der Waals surface area contributed by atoms with Crippen molar-refractivity contribution < 1.29 is 9.53 Å². The van der Waals surface area contributed by atoms with Crippen molar-refractivity contribution in [3.05, 3.63) is 0 Å². The van der Waals surface area contributed by atoms with Crippen molar-refractivity contribution >= 4 is 5.97 Å². The summed E-state index contributed by atoms with van der Waals surface area (Å²) in [6, 6.07) is 0.724. The van der Waals surface area contributed by atoms with Gasteiger partial charge in [-0.1, -0.05) is 13.8 Å². The van der Waals surface area contributed by atoms with E-state index in [0.29, 0.717) is 12.5 Å². The van der Waals surface area contributed by atoms with E-state index >= 15 is 0 Å². The van der Waals surface area contributed by atoms with Gasteiger partial charge in [0.1, 0.15) is 5.54 Å². The van der Waals surface area contributed by atoms with Crippen LogP contribution in [0.5, 0.6) is 0 Å². The topological polar surface area (TPSA) is 41.6 Å².